The second kappa shape index (κ2) is 7.21. The predicted octanol–water partition coefficient (Wildman–Crippen LogP) is 4.25. The van der Waals surface area contributed by atoms with Crippen molar-refractivity contribution in [3.05, 3.63) is 57.5 Å². The van der Waals surface area contributed by atoms with E-state index in [0.29, 0.717) is 26.4 Å². The average Bonchev–Trinajstić information content (AvgIpc) is 2.91. The van der Waals surface area contributed by atoms with E-state index in [1.807, 2.05) is 13.0 Å². The maximum absolute atomic E-state index is 12.2. The van der Waals surface area contributed by atoms with Crippen LogP contribution in [0, 0.1) is 6.92 Å². The number of halogens is 1. The van der Waals surface area contributed by atoms with Gasteiger partial charge in [0.05, 0.1) is 17.7 Å². The molecule has 0 atom stereocenters. The van der Waals surface area contributed by atoms with E-state index in [9.17, 15) is 9.90 Å². The highest BCUT2D eigenvalue weighted by molar-refractivity contribution is 8.18. The van der Waals surface area contributed by atoms with Crippen molar-refractivity contribution >= 4 is 46.2 Å². The SMILES string of the molecule is COc1cccc(C=C2SC(=Nc3ccc(Cl)cc3C)NC2=O)c1O. The van der Waals surface area contributed by atoms with E-state index in [0.717, 1.165) is 11.3 Å². The zero-order valence-corrected chi connectivity index (χ0v) is 15.1. The first-order chi connectivity index (χ1) is 12.0. The summed E-state index contributed by atoms with van der Waals surface area (Å²) in [7, 11) is 1.47. The van der Waals surface area contributed by atoms with Crippen molar-refractivity contribution in [3.63, 3.8) is 0 Å². The van der Waals surface area contributed by atoms with Crippen molar-refractivity contribution in [1.82, 2.24) is 5.32 Å². The number of carbonyl (C=O) groups is 1. The molecule has 1 aliphatic heterocycles. The number of amidine groups is 1. The zero-order chi connectivity index (χ0) is 18.0. The molecular formula is C18H15ClN2O3S. The maximum atomic E-state index is 12.2. The van der Waals surface area contributed by atoms with Crippen LogP contribution in [0.4, 0.5) is 5.69 Å². The summed E-state index contributed by atoms with van der Waals surface area (Å²) in [6.45, 7) is 1.90. The molecule has 0 radical (unpaired) electrons. The number of nitrogens with one attached hydrogen (secondary N) is 1. The number of hydrogen-bond donors (Lipinski definition) is 2. The Kier molecular flexibility index (Phi) is 5.01. The minimum absolute atomic E-state index is 0.00941. The molecule has 128 valence electrons. The fourth-order valence-electron chi connectivity index (χ4n) is 2.30. The fourth-order valence-corrected chi connectivity index (χ4v) is 3.35. The summed E-state index contributed by atoms with van der Waals surface area (Å²) in [6, 6.07) is 10.5. The molecule has 1 aliphatic rings. The number of aromatic hydroxyl groups is 1. The molecule has 2 aromatic rings. The van der Waals surface area contributed by atoms with Crippen LogP contribution in [0.5, 0.6) is 11.5 Å². The van der Waals surface area contributed by atoms with Crippen LogP contribution in [0.3, 0.4) is 0 Å². The third kappa shape index (κ3) is 3.81. The molecule has 25 heavy (non-hydrogen) atoms. The number of para-hydroxylation sites is 1. The molecule has 3 rings (SSSR count). The number of benzene rings is 2. The smallest absolute Gasteiger partial charge is 0.264 e. The first-order valence-electron chi connectivity index (χ1n) is 7.39. The molecule has 0 aliphatic carbocycles. The zero-order valence-electron chi connectivity index (χ0n) is 13.5. The molecule has 1 saturated heterocycles. The van der Waals surface area contributed by atoms with Gasteiger partial charge in [0.25, 0.3) is 5.91 Å². The Hall–Kier alpha value is -2.44. The van der Waals surface area contributed by atoms with Gasteiger partial charge in [0.15, 0.2) is 16.7 Å². The summed E-state index contributed by atoms with van der Waals surface area (Å²) in [5.74, 6) is 0.0749. The number of phenolic OH excluding ortho intramolecular Hbond substituents is 1. The van der Waals surface area contributed by atoms with E-state index in [1.165, 1.54) is 18.9 Å². The Morgan fingerprint density at radius 3 is 2.84 bits per heavy atom. The second-order valence-corrected chi connectivity index (χ2v) is 6.78. The van der Waals surface area contributed by atoms with Gasteiger partial charge in [0.2, 0.25) is 0 Å². The Bertz CT molecular complexity index is 909. The van der Waals surface area contributed by atoms with Gasteiger partial charge in [0.1, 0.15) is 0 Å². The number of aliphatic imine (C=N–C) groups is 1. The number of carbonyl (C=O) groups excluding carboxylic acids is 1. The van der Waals surface area contributed by atoms with Crippen molar-refractivity contribution < 1.29 is 14.6 Å². The van der Waals surface area contributed by atoms with Crippen molar-refractivity contribution in [2.75, 3.05) is 7.11 Å². The van der Waals surface area contributed by atoms with Gasteiger partial charge in [0, 0.05) is 10.6 Å². The fraction of sp³-hybridized carbons (Fsp3) is 0.111. The summed E-state index contributed by atoms with van der Waals surface area (Å²) in [4.78, 5) is 17.1. The van der Waals surface area contributed by atoms with Crippen molar-refractivity contribution in [1.29, 1.82) is 0 Å². The molecule has 5 nitrogen and oxygen atoms in total. The van der Waals surface area contributed by atoms with Crippen LogP contribution in [-0.4, -0.2) is 23.3 Å². The number of phenols is 1. The highest BCUT2D eigenvalue weighted by Gasteiger charge is 2.24. The number of rotatable bonds is 3. The highest BCUT2D eigenvalue weighted by atomic mass is 35.5. The van der Waals surface area contributed by atoms with E-state index >= 15 is 0 Å². The van der Waals surface area contributed by atoms with Gasteiger partial charge in [-0.2, -0.15) is 0 Å². The number of nitrogens with zero attached hydrogens (tertiary/aromatic N) is 1. The van der Waals surface area contributed by atoms with Crippen LogP contribution in [0.25, 0.3) is 6.08 Å². The Labute approximate surface area is 154 Å². The number of aryl methyl sites for hydroxylation is 1. The predicted molar refractivity (Wildman–Crippen MR) is 102 cm³/mol. The van der Waals surface area contributed by atoms with Crippen LogP contribution in [0.1, 0.15) is 11.1 Å². The van der Waals surface area contributed by atoms with Gasteiger partial charge in [-0.3, -0.25) is 4.79 Å². The van der Waals surface area contributed by atoms with Crippen LogP contribution in [0.15, 0.2) is 46.3 Å². The van der Waals surface area contributed by atoms with Crippen molar-refractivity contribution in [2.45, 2.75) is 6.92 Å². The summed E-state index contributed by atoms with van der Waals surface area (Å²) in [5.41, 5.74) is 2.15. The molecule has 7 heteroatoms. The lowest BCUT2D eigenvalue weighted by atomic mass is 10.1. The second-order valence-electron chi connectivity index (χ2n) is 5.31. The van der Waals surface area contributed by atoms with Crippen molar-refractivity contribution in [2.24, 2.45) is 4.99 Å². The minimum Gasteiger partial charge on any atom is -0.504 e. The van der Waals surface area contributed by atoms with E-state index in [1.54, 1.807) is 36.4 Å². The number of amides is 1. The Morgan fingerprint density at radius 2 is 2.12 bits per heavy atom. The molecule has 2 N–H and O–H groups in total. The van der Waals surface area contributed by atoms with E-state index in [4.69, 9.17) is 16.3 Å². The summed E-state index contributed by atoms with van der Waals surface area (Å²) in [6.07, 6.45) is 1.61. The molecule has 1 heterocycles. The monoisotopic (exact) mass is 374 g/mol. The van der Waals surface area contributed by atoms with Gasteiger partial charge in [-0.25, -0.2) is 4.99 Å². The molecule has 0 bridgehead atoms. The van der Waals surface area contributed by atoms with Crippen LogP contribution in [-0.2, 0) is 4.79 Å². The first kappa shape index (κ1) is 17.4. The van der Waals surface area contributed by atoms with E-state index < -0.39 is 0 Å². The number of methoxy groups -OCH3 is 1. The van der Waals surface area contributed by atoms with Crippen LogP contribution in [0.2, 0.25) is 5.02 Å². The summed E-state index contributed by atoms with van der Waals surface area (Å²) < 4.78 is 5.08. The topological polar surface area (TPSA) is 70.9 Å². The molecule has 1 fully saturated rings. The molecule has 0 saturated carbocycles. The van der Waals surface area contributed by atoms with Gasteiger partial charge in [-0.15, -0.1) is 0 Å². The lowest BCUT2D eigenvalue weighted by Gasteiger charge is -2.05. The van der Waals surface area contributed by atoms with Gasteiger partial charge in [-0.1, -0.05) is 23.7 Å². The molecule has 2 aromatic carbocycles. The van der Waals surface area contributed by atoms with E-state index in [2.05, 4.69) is 10.3 Å². The molecular weight excluding hydrogens is 360 g/mol. The molecule has 0 aromatic heterocycles. The quantitative estimate of drug-likeness (QED) is 0.788. The number of thioether (sulfide) groups is 1. The Morgan fingerprint density at radius 1 is 1.32 bits per heavy atom. The third-order valence-electron chi connectivity index (χ3n) is 3.57. The molecule has 1 amide bonds. The van der Waals surface area contributed by atoms with Gasteiger partial charge < -0.3 is 15.2 Å². The summed E-state index contributed by atoms with van der Waals surface area (Å²) >= 11 is 7.15. The minimum atomic E-state index is -0.266. The molecule has 0 unspecified atom stereocenters. The standard InChI is InChI=1S/C18H15ClN2O3S/c1-10-8-12(19)6-7-13(10)20-18-21-17(23)15(25-18)9-11-4-3-5-14(24-2)16(11)22/h3-9,22H,1-2H3,(H,20,21,23). The van der Waals surface area contributed by atoms with Crippen LogP contribution < -0.4 is 10.1 Å². The summed E-state index contributed by atoms with van der Waals surface area (Å²) in [5, 5.41) is 14.0. The normalized spacial score (nSPS) is 17.2. The average molecular weight is 375 g/mol. The largest absolute Gasteiger partial charge is 0.504 e. The lowest BCUT2D eigenvalue weighted by Crippen LogP contribution is -2.19. The van der Waals surface area contributed by atoms with Gasteiger partial charge >= 0.3 is 0 Å². The molecule has 0 spiro atoms. The Balaban J connectivity index is 1.89. The first-order valence-corrected chi connectivity index (χ1v) is 8.59. The third-order valence-corrected chi connectivity index (χ3v) is 4.71. The number of hydrogen-bond acceptors (Lipinski definition) is 5. The highest BCUT2D eigenvalue weighted by Crippen LogP contribution is 2.34. The van der Waals surface area contributed by atoms with E-state index in [-0.39, 0.29) is 11.7 Å². The van der Waals surface area contributed by atoms with Crippen molar-refractivity contribution in [3.8, 4) is 11.5 Å². The lowest BCUT2D eigenvalue weighted by molar-refractivity contribution is -0.115. The maximum Gasteiger partial charge on any atom is 0.264 e. The van der Waals surface area contributed by atoms with Gasteiger partial charge in [-0.05, 0) is 54.6 Å². The van der Waals surface area contributed by atoms with Crippen LogP contribution >= 0.6 is 23.4 Å². The number of ether oxygens (including phenoxy) is 1.